The SMILES string of the molecule is FC(F)(F)c1cc(-c2ccc(Cl)cc2)n([B-](n2nc(C(F)(F)F)cc2-c2ccc(Cl)cc2)n2nc(C(F)(F)F)cc2-c2ccc(Cl)cc2)n1. The molecule has 3 aromatic heterocycles. The summed E-state index contributed by atoms with van der Waals surface area (Å²) in [6.45, 7) is 0. The van der Waals surface area contributed by atoms with Crippen LogP contribution in [0.4, 0.5) is 39.5 Å². The Morgan fingerprint density at radius 1 is 0.408 bits per heavy atom. The maximum atomic E-state index is 14.2. The molecule has 0 fully saturated rings. The molecule has 0 unspecified atom stereocenters. The van der Waals surface area contributed by atoms with Crippen molar-refractivity contribution in [1.29, 1.82) is 0 Å². The minimum absolute atomic E-state index is 0.0323. The van der Waals surface area contributed by atoms with Crippen molar-refractivity contribution in [3.63, 3.8) is 0 Å². The van der Waals surface area contributed by atoms with Crippen molar-refractivity contribution in [2.24, 2.45) is 0 Å². The fraction of sp³-hybridized carbons (Fsp3) is 0.100. The van der Waals surface area contributed by atoms with Crippen LogP contribution in [0.5, 0.6) is 0 Å². The normalized spacial score (nSPS) is 12.7. The second-order valence-corrected chi connectivity index (χ2v) is 11.7. The van der Waals surface area contributed by atoms with Gasteiger partial charge in [-0.1, -0.05) is 71.2 Å². The third kappa shape index (κ3) is 7.03. The van der Waals surface area contributed by atoms with Gasteiger partial charge >= 0.3 is 18.5 Å². The van der Waals surface area contributed by atoms with Gasteiger partial charge in [0.15, 0.2) is 17.1 Å². The van der Waals surface area contributed by atoms with E-state index in [-0.39, 0.29) is 48.8 Å². The Bertz CT molecular complexity index is 1880. The molecule has 0 atom stereocenters. The third-order valence-corrected chi connectivity index (χ3v) is 7.91. The molecule has 3 heterocycles. The molecule has 19 heteroatoms. The van der Waals surface area contributed by atoms with Gasteiger partial charge in [-0.25, -0.2) is 15.3 Å². The van der Waals surface area contributed by atoms with Crippen LogP contribution in [0.15, 0.2) is 91.0 Å². The van der Waals surface area contributed by atoms with Gasteiger partial charge in [0.2, 0.25) is 0 Å². The van der Waals surface area contributed by atoms with Crippen molar-refractivity contribution in [2.75, 3.05) is 0 Å². The summed E-state index contributed by atoms with van der Waals surface area (Å²) in [5.41, 5.74) is -5.52. The van der Waals surface area contributed by atoms with Gasteiger partial charge in [0.25, 0.3) is 7.12 Å². The van der Waals surface area contributed by atoms with Gasteiger partial charge in [-0.3, -0.25) is 0 Å². The van der Waals surface area contributed by atoms with E-state index < -0.39 is 42.7 Å². The Kier molecular flexibility index (Phi) is 8.78. The van der Waals surface area contributed by atoms with Crippen LogP contribution >= 0.6 is 34.8 Å². The summed E-state index contributed by atoms with van der Waals surface area (Å²) >= 11 is 18.0. The molecule has 0 saturated carbocycles. The lowest BCUT2D eigenvalue weighted by atomic mass is 9.90. The van der Waals surface area contributed by atoms with Gasteiger partial charge in [-0.2, -0.15) is 39.5 Å². The molecule has 6 nitrogen and oxygen atoms in total. The van der Waals surface area contributed by atoms with Crippen LogP contribution in [-0.4, -0.2) is 36.2 Å². The first-order chi connectivity index (χ1) is 22.9. The smallest absolute Gasteiger partial charge is 0.418 e. The molecule has 6 rings (SSSR count). The number of benzene rings is 3. The molecule has 0 aliphatic heterocycles. The molecule has 0 bridgehead atoms. The van der Waals surface area contributed by atoms with Gasteiger partial charge in [0, 0.05) is 32.1 Å². The Labute approximate surface area is 285 Å². The van der Waals surface area contributed by atoms with E-state index in [4.69, 9.17) is 34.8 Å². The molecule has 6 aromatic rings. The van der Waals surface area contributed by atoms with E-state index in [1.165, 1.54) is 72.8 Å². The second-order valence-electron chi connectivity index (χ2n) is 10.4. The highest BCUT2D eigenvalue weighted by molar-refractivity contribution is 6.54. The second kappa shape index (κ2) is 12.5. The summed E-state index contributed by atoms with van der Waals surface area (Å²) < 4.78 is 130. The van der Waals surface area contributed by atoms with Gasteiger partial charge in [0.1, 0.15) is 0 Å². The predicted octanol–water partition coefficient (Wildman–Crippen LogP) is 10.2. The van der Waals surface area contributed by atoms with Crippen molar-refractivity contribution >= 4 is 41.9 Å². The summed E-state index contributed by atoms with van der Waals surface area (Å²) in [7, 11) is -2.16. The fourth-order valence-corrected chi connectivity index (χ4v) is 5.32. The van der Waals surface area contributed by atoms with E-state index in [2.05, 4.69) is 15.3 Å². The molecule has 1 radical (unpaired) electrons. The number of nitrogens with zero attached hydrogens (tertiary/aromatic N) is 6. The van der Waals surface area contributed by atoms with Gasteiger partial charge in [-0.05, 0) is 71.3 Å². The number of alkyl halides is 9. The van der Waals surface area contributed by atoms with Crippen LogP contribution < -0.4 is 0 Å². The minimum atomic E-state index is -5.10. The lowest BCUT2D eigenvalue weighted by molar-refractivity contribution is -0.142. The molecule has 0 aliphatic carbocycles. The Morgan fingerprint density at radius 2 is 0.633 bits per heavy atom. The van der Waals surface area contributed by atoms with E-state index >= 15 is 0 Å². The maximum absolute atomic E-state index is 14.2. The van der Waals surface area contributed by atoms with Crippen molar-refractivity contribution in [3.8, 4) is 33.8 Å². The molecule has 0 N–H and O–H groups in total. The number of rotatable bonds is 6. The quantitative estimate of drug-likeness (QED) is 0.126. The Morgan fingerprint density at radius 3 is 0.837 bits per heavy atom. The van der Waals surface area contributed by atoms with E-state index in [1.54, 1.807) is 0 Å². The zero-order valence-corrected chi connectivity index (χ0v) is 26.2. The van der Waals surface area contributed by atoms with Crippen LogP contribution in [0.1, 0.15) is 17.1 Å². The van der Waals surface area contributed by atoms with Crippen molar-refractivity contribution < 1.29 is 39.5 Å². The van der Waals surface area contributed by atoms with Gasteiger partial charge in [-0.15, -0.1) is 0 Å². The van der Waals surface area contributed by atoms with E-state index in [0.29, 0.717) is 32.0 Å². The van der Waals surface area contributed by atoms with Gasteiger partial charge in [0.05, 0.1) is 0 Å². The van der Waals surface area contributed by atoms with Crippen molar-refractivity contribution in [2.45, 2.75) is 18.5 Å². The van der Waals surface area contributed by atoms with Gasteiger partial charge < -0.3 is 13.8 Å². The highest BCUT2D eigenvalue weighted by atomic mass is 35.5. The van der Waals surface area contributed by atoms with E-state index in [1.807, 2.05) is 0 Å². The van der Waals surface area contributed by atoms with Crippen LogP contribution in [0.2, 0.25) is 15.1 Å². The predicted molar refractivity (Wildman–Crippen MR) is 165 cm³/mol. The number of hydrogen-bond donors (Lipinski definition) is 0. The molecule has 0 aliphatic rings. The zero-order chi connectivity index (χ0) is 35.5. The first-order valence-corrected chi connectivity index (χ1v) is 14.8. The molecule has 0 saturated heterocycles. The first kappa shape index (κ1) is 34.5. The van der Waals surface area contributed by atoms with Crippen molar-refractivity contribution in [3.05, 3.63) is 123 Å². The number of aromatic nitrogens is 6. The lowest BCUT2D eigenvalue weighted by Gasteiger charge is -2.35. The largest absolute Gasteiger partial charge is 0.435 e. The zero-order valence-electron chi connectivity index (χ0n) is 24.0. The van der Waals surface area contributed by atoms with Crippen LogP contribution in [-0.2, 0) is 18.5 Å². The fourth-order valence-electron chi connectivity index (χ4n) is 4.95. The average Bonchev–Trinajstić information content (AvgIpc) is 3.77. The topological polar surface area (TPSA) is 53.5 Å². The minimum Gasteiger partial charge on any atom is -0.418 e. The number of halogens is 12. The Balaban J connectivity index is 1.76. The summed E-state index contributed by atoms with van der Waals surface area (Å²) in [4.78, 5) is 0. The Hall–Kier alpha value is -4.41. The monoisotopic (exact) mass is 746 g/mol. The highest BCUT2D eigenvalue weighted by Crippen LogP contribution is 2.38. The molecule has 49 heavy (non-hydrogen) atoms. The van der Waals surface area contributed by atoms with E-state index in [0.717, 1.165) is 0 Å². The molecular weight excluding hydrogens is 733 g/mol. The molecule has 0 amide bonds. The highest BCUT2D eigenvalue weighted by Gasteiger charge is 2.39. The average molecular weight is 748 g/mol. The molecule has 0 spiro atoms. The lowest BCUT2D eigenvalue weighted by Crippen LogP contribution is -2.45. The molecule has 3 aromatic carbocycles. The van der Waals surface area contributed by atoms with Crippen LogP contribution in [0, 0.1) is 0 Å². The summed E-state index contributed by atoms with van der Waals surface area (Å²) in [6.07, 6.45) is -15.3. The summed E-state index contributed by atoms with van der Waals surface area (Å²) in [5.74, 6) is 0. The van der Waals surface area contributed by atoms with Crippen LogP contribution in [0.3, 0.4) is 0 Å². The third-order valence-electron chi connectivity index (χ3n) is 7.15. The maximum Gasteiger partial charge on any atom is 0.435 e. The van der Waals surface area contributed by atoms with Crippen LogP contribution in [0.25, 0.3) is 33.8 Å². The number of hydrogen-bond acceptors (Lipinski definition) is 3. The summed E-state index contributed by atoms with van der Waals surface area (Å²) in [5, 5.41) is 11.7. The van der Waals surface area contributed by atoms with E-state index in [9.17, 15) is 39.5 Å². The summed E-state index contributed by atoms with van der Waals surface area (Å²) in [6, 6.07) is 17.6. The standard InChI is InChI=1S/C30H15BCl3F9N6/c32-19-7-1-16(2-8-19)22-13-25(28(35,36)37)44-47(22)31(48-23(14-26(45-48)29(38,39)40)17-3-9-20(33)10-4-17)49-24(15-27(46-49)30(41,42)43)18-5-11-21(34)12-6-18/h1-15H/q-1. The molecule has 253 valence electrons. The first-order valence-electron chi connectivity index (χ1n) is 13.7. The molecular formula is C30H15BCl3F9N6-. The van der Waals surface area contributed by atoms with Crippen molar-refractivity contribution in [1.82, 2.24) is 29.1 Å².